The summed E-state index contributed by atoms with van der Waals surface area (Å²) in [7, 11) is 3.90. The van der Waals surface area contributed by atoms with E-state index in [0.717, 1.165) is 37.2 Å². The van der Waals surface area contributed by atoms with Crippen molar-refractivity contribution in [1.82, 2.24) is 9.47 Å². The summed E-state index contributed by atoms with van der Waals surface area (Å²) in [6, 6.07) is 13.6. The molecular weight excluding hydrogens is 327 g/mol. The van der Waals surface area contributed by atoms with Crippen LogP contribution < -0.4 is 4.74 Å². The number of hydrogen-bond donors (Lipinski definition) is 0. The zero-order valence-electron chi connectivity index (χ0n) is 15.6. The Labute approximate surface area is 154 Å². The number of ether oxygens (including phenoxy) is 1. The highest BCUT2D eigenvalue weighted by molar-refractivity contribution is 5.87. The molecule has 1 atom stereocenters. The van der Waals surface area contributed by atoms with Crippen LogP contribution in [-0.4, -0.2) is 30.2 Å². The minimum atomic E-state index is -0.165. The molecule has 3 nitrogen and oxygen atoms in total. The lowest BCUT2D eigenvalue weighted by molar-refractivity contribution is 0.245. The number of hydrogen-bond acceptors (Lipinski definition) is 2. The molecule has 1 aliphatic rings. The van der Waals surface area contributed by atoms with E-state index in [1.54, 1.807) is 19.2 Å². The molecule has 136 valence electrons. The van der Waals surface area contributed by atoms with Gasteiger partial charge in [-0.15, -0.1) is 0 Å². The maximum atomic E-state index is 13.5. The number of benzene rings is 2. The largest absolute Gasteiger partial charge is 0.497 e. The molecule has 0 aliphatic carbocycles. The lowest BCUT2D eigenvalue weighted by Gasteiger charge is -2.31. The Balaban J connectivity index is 1.78. The van der Waals surface area contributed by atoms with Crippen molar-refractivity contribution in [2.24, 2.45) is 0 Å². The van der Waals surface area contributed by atoms with E-state index in [1.165, 1.54) is 28.2 Å². The first-order valence-electron chi connectivity index (χ1n) is 9.22. The van der Waals surface area contributed by atoms with Crippen LogP contribution in [0.4, 0.5) is 4.39 Å². The number of aryl methyl sites for hydroxylation is 2. The number of aromatic nitrogens is 1. The summed E-state index contributed by atoms with van der Waals surface area (Å²) >= 11 is 0. The minimum Gasteiger partial charge on any atom is -0.497 e. The monoisotopic (exact) mass is 352 g/mol. The molecule has 0 bridgehead atoms. The SMILES string of the molecule is COc1ccc2c(c1)c1c(n2CCc2cccc(F)c2)CCN(C)C1C. The standard InChI is InChI=1S/C22H25FN2O/c1-15-22-19-14-18(26-3)7-8-20(19)25(21(22)10-11-24(15)2)12-9-16-5-4-6-17(23)13-16/h4-8,13-15H,9-12H2,1-3H3. The first kappa shape index (κ1) is 17.1. The molecule has 1 aliphatic heterocycles. The maximum Gasteiger partial charge on any atom is 0.123 e. The Bertz CT molecular complexity index is 947. The molecule has 0 saturated heterocycles. The topological polar surface area (TPSA) is 17.4 Å². The Morgan fingerprint density at radius 1 is 1.19 bits per heavy atom. The Kier molecular flexibility index (Phi) is 4.45. The summed E-state index contributed by atoms with van der Waals surface area (Å²) in [5, 5.41) is 1.28. The zero-order valence-corrected chi connectivity index (χ0v) is 15.6. The fourth-order valence-corrected chi connectivity index (χ4v) is 4.16. The van der Waals surface area contributed by atoms with E-state index in [1.807, 2.05) is 12.1 Å². The quantitative estimate of drug-likeness (QED) is 0.684. The molecule has 26 heavy (non-hydrogen) atoms. The average Bonchev–Trinajstić information content (AvgIpc) is 2.96. The zero-order chi connectivity index (χ0) is 18.3. The normalized spacial score (nSPS) is 17.5. The third kappa shape index (κ3) is 2.88. The average molecular weight is 352 g/mol. The highest BCUT2D eigenvalue weighted by Crippen LogP contribution is 2.38. The van der Waals surface area contributed by atoms with Gasteiger partial charge in [-0.1, -0.05) is 12.1 Å². The number of rotatable bonds is 4. The summed E-state index contributed by atoms with van der Waals surface area (Å²) in [6.45, 7) is 4.19. The van der Waals surface area contributed by atoms with Gasteiger partial charge in [0.1, 0.15) is 11.6 Å². The third-order valence-electron chi connectivity index (χ3n) is 5.71. The van der Waals surface area contributed by atoms with E-state index >= 15 is 0 Å². The first-order valence-corrected chi connectivity index (χ1v) is 9.22. The van der Waals surface area contributed by atoms with Crippen LogP contribution in [0.5, 0.6) is 5.75 Å². The fraction of sp³-hybridized carbons (Fsp3) is 0.364. The van der Waals surface area contributed by atoms with Crippen molar-refractivity contribution < 1.29 is 9.13 Å². The van der Waals surface area contributed by atoms with Gasteiger partial charge in [-0.3, -0.25) is 4.90 Å². The lowest BCUT2D eigenvalue weighted by Crippen LogP contribution is -2.31. The highest BCUT2D eigenvalue weighted by atomic mass is 19.1. The fourth-order valence-electron chi connectivity index (χ4n) is 4.16. The van der Waals surface area contributed by atoms with Crippen molar-refractivity contribution in [1.29, 1.82) is 0 Å². The van der Waals surface area contributed by atoms with Crippen LogP contribution in [0.15, 0.2) is 42.5 Å². The van der Waals surface area contributed by atoms with Gasteiger partial charge in [0, 0.05) is 42.1 Å². The molecule has 4 rings (SSSR count). The van der Waals surface area contributed by atoms with Gasteiger partial charge in [0.05, 0.1) is 7.11 Å². The molecule has 0 amide bonds. The van der Waals surface area contributed by atoms with E-state index in [4.69, 9.17) is 4.74 Å². The van der Waals surface area contributed by atoms with E-state index < -0.39 is 0 Å². The van der Waals surface area contributed by atoms with Gasteiger partial charge < -0.3 is 9.30 Å². The van der Waals surface area contributed by atoms with Crippen molar-refractivity contribution in [3.63, 3.8) is 0 Å². The van der Waals surface area contributed by atoms with Crippen molar-refractivity contribution >= 4 is 10.9 Å². The molecule has 2 heterocycles. The number of fused-ring (bicyclic) bond motifs is 3. The second kappa shape index (κ2) is 6.76. The smallest absolute Gasteiger partial charge is 0.123 e. The van der Waals surface area contributed by atoms with Crippen LogP contribution in [0.1, 0.15) is 29.8 Å². The lowest BCUT2D eigenvalue weighted by atomic mass is 9.97. The van der Waals surface area contributed by atoms with Crippen LogP contribution >= 0.6 is 0 Å². The minimum absolute atomic E-state index is 0.165. The molecule has 4 heteroatoms. The van der Waals surface area contributed by atoms with Gasteiger partial charge in [0.25, 0.3) is 0 Å². The molecule has 2 aromatic carbocycles. The molecular formula is C22H25FN2O. The number of nitrogens with zero attached hydrogens (tertiary/aromatic N) is 2. The molecule has 0 spiro atoms. The van der Waals surface area contributed by atoms with Gasteiger partial charge in [-0.25, -0.2) is 4.39 Å². The summed E-state index contributed by atoms with van der Waals surface area (Å²) in [5.41, 5.74) is 5.10. The molecule has 1 unspecified atom stereocenters. The van der Waals surface area contributed by atoms with E-state index in [0.29, 0.717) is 6.04 Å². The van der Waals surface area contributed by atoms with Gasteiger partial charge in [0.2, 0.25) is 0 Å². The van der Waals surface area contributed by atoms with Gasteiger partial charge in [0.15, 0.2) is 0 Å². The van der Waals surface area contributed by atoms with Crippen molar-refractivity contribution in [3.05, 3.63) is 65.1 Å². The third-order valence-corrected chi connectivity index (χ3v) is 5.71. The second-order valence-electron chi connectivity index (χ2n) is 7.18. The van der Waals surface area contributed by atoms with Gasteiger partial charge in [-0.2, -0.15) is 0 Å². The van der Waals surface area contributed by atoms with Gasteiger partial charge >= 0.3 is 0 Å². The summed E-state index contributed by atoms with van der Waals surface area (Å²) in [4.78, 5) is 2.40. The van der Waals surface area contributed by atoms with Crippen molar-refractivity contribution in [2.75, 3.05) is 20.7 Å². The van der Waals surface area contributed by atoms with E-state index in [9.17, 15) is 4.39 Å². The molecule has 3 aromatic rings. The second-order valence-corrected chi connectivity index (χ2v) is 7.18. The predicted octanol–water partition coefficient (Wildman–Crippen LogP) is 4.58. The first-order chi connectivity index (χ1) is 12.6. The van der Waals surface area contributed by atoms with E-state index in [2.05, 4.69) is 35.6 Å². The van der Waals surface area contributed by atoms with E-state index in [-0.39, 0.29) is 5.82 Å². The number of methoxy groups -OCH3 is 1. The van der Waals surface area contributed by atoms with Gasteiger partial charge in [-0.05, 0) is 61.9 Å². The summed E-state index contributed by atoms with van der Waals surface area (Å²) < 4.78 is 21.4. The molecule has 0 N–H and O–H groups in total. The summed E-state index contributed by atoms with van der Waals surface area (Å²) in [6.07, 6.45) is 1.86. The van der Waals surface area contributed by atoms with Crippen molar-refractivity contribution in [2.45, 2.75) is 32.4 Å². The van der Waals surface area contributed by atoms with Crippen molar-refractivity contribution in [3.8, 4) is 5.75 Å². The predicted molar refractivity (Wildman–Crippen MR) is 103 cm³/mol. The number of likely N-dealkylation sites (N-methyl/N-ethyl adjacent to an activating group) is 1. The van der Waals surface area contributed by atoms with Crippen LogP contribution in [0, 0.1) is 5.82 Å². The van der Waals surface area contributed by atoms with Crippen LogP contribution in [0.3, 0.4) is 0 Å². The summed E-state index contributed by atoms with van der Waals surface area (Å²) in [5.74, 6) is 0.727. The molecule has 1 aromatic heterocycles. The Morgan fingerprint density at radius 3 is 2.81 bits per heavy atom. The highest BCUT2D eigenvalue weighted by Gasteiger charge is 2.28. The number of halogens is 1. The van der Waals surface area contributed by atoms with Crippen LogP contribution in [0.2, 0.25) is 0 Å². The maximum absolute atomic E-state index is 13.5. The molecule has 0 fully saturated rings. The Hall–Kier alpha value is -2.33. The molecule has 0 saturated carbocycles. The van der Waals surface area contributed by atoms with Crippen LogP contribution in [-0.2, 0) is 19.4 Å². The molecule has 0 radical (unpaired) electrons. The van der Waals surface area contributed by atoms with Crippen LogP contribution in [0.25, 0.3) is 10.9 Å². The Morgan fingerprint density at radius 2 is 2.04 bits per heavy atom.